The van der Waals surface area contributed by atoms with E-state index >= 15 is 0 Å². The minimum absolute atomic E-state index is 0.174. The highest BCUT2D eigenvalue weighted by Gasteiger charge is 2.20. The van der Waals surface area contributed by atoms with Gasteiger partial charge < -0.3 is 9.80 Å². The van der Waals surface area contributed by atoms with E-state index in [4.69, 9.17) is 0 Å². The molecule has 0 saturated carbocycles. The molecule has 0 atom stereocenters. The van der Waals surface area contributed by atoms with Crippen molar-refractivity contribution in [3.05, 3.63) is 48.0 Å². The van der Waals surface area contributed by atoms with Crippen LogP contribution in [-0.4, -0.2) is 48.4 Å². The molecule has 2 aromatic rings. The van der Waals surface area contributed by atoms with E-state index in [0.29, 0.717) is 0 Å². The minimum atomic E-state index is 0.174. The number of hydrogen-bond donors (Lipinski definition) is 0. The summed E-state index contributed by atoms with van der Waals surface area (Å²) in [5.41, 5.74) is 0.811. The maximum atomic E-state index is 12.8. The highest BCUT2D eigenvalue weighted by atomic mass is 16.2. The summed E-state index contributed by atoms with van der Waals surface area (Å²) in [5, 5.41) is 2.32. The lowest BCUT2D eigenvalue weighted by Gasteiger charge is -2.22. The van der Waals surface area contributed by atoms with E-state index in [2.05, 4.69) is 24.0 Å². The maximum Gasteiger partial charge on any atom is 0.253 e. The van der Waals surface area contributed by atoms with E-state index in [-0.39, 0.29) is 5.91 Å². The van der Waals surface area contributed by atoms with Crippen LogP contribution in [0.25, 0.3) is 10.8 Å². The Morgan fingerprint density at radius 1 is 1.00 bits per heavy atom. The van der Waals surface area contributed by atoms with Crippen molar-refractivity contribution >= 4 is 16.7 Å². The third-order valence-electron chi connectivity index (χ3n) is 4.70. The fourth-order valence-electron chi connectivity index (χ4n) is 3.28. The molecule has 1 aliphatic heterocycles. The number of carbonyl (C=O) groups is 1. The summed E-state index contributed by atoms with van der Waals surface area (Å²) in [6.07, 6.45) is 3.55. The van der Waals surface area contributed by atoms with Crippen LogP contribution in [0.1, 0.15) is 36.5 Å². The van der Waals surface area contributed by atoms with Gasteiger partial charge in [0.05, 0.1) is 0 Å². The number of amides is 1. The lowest BCUT2D eigenvalue weighted by atomic mass is 10.1. The molecule has 1 saturated heterocycles. The molecule has 0 unspecified atom stereocenters. The third-order valence-corrected chi connectivity index (χ3v) is 4.70. The van der Waals surface area contributed by atoms with Gasteiger partial charge in [-0.15, -0.1) is 0 Å². The first-order valence-corrected chi connectivity index (χ1v) is 8.78. The fourth-order valence-corrected chi connectivity index (χ4v) is 3.28. The van der Waals surface area contributed by atoms with E-state index in [0.717, 1.165) is 50.1 Å². The van der Waals surface area contributed by atoms with Crippen LogP contribution < -0.4 is 0 Å². The highest BCUT2D eigenvalue weighted by molar-refractivity contribution is 5.98. The highest BCUT2D eigenvalue weighted by Crippen LogP contribution is 2.17. The molecule has 3 nitrogen and oxygen atoms in total. The number of nitrogens with zero attached hydrogens (tertiary/aromatic N) is 2. The zero-order valence-corrected chi connectivity index (χ0v) is 14.0. The van der Waals surface area contributed by atoms with Gasteiger partial charge >= 0.3 is 0 Å². The van der Waals surface area contributed by atoms with E-state index in [1.807, 2.05) is 35.2 Å². The molecule has 1 aliphatic rings. The molecule has 0 bridgehead atoms. The van der Waals surface area contributed by atoms with Crippen LogP contribution in [0.5, 0.6) is 0 Å². The van der Waals surface area contributed by atoms with Gasteiger partial charge in [-0.25, -0.2) is 0 Å². The van der Waals surface area contributed by atoms with E-state index in [1.165, 1.54) is 18.2 Å². The number of fused-ring (bicyclic) bond motifs is 1. The summed E-state index contributed by atoms with van der Waals surface area (Å²) in [5.74, 6) is 0.174. The summed E-state index contributed by atoms with van der Waals surface area (Å²) in [6, 6.07) is 14.2. The lowest BCUT2D eigenvalue weighted by Crippen LogP contribution is -2.35. The zero-order chi connectivity index (χ0) is 16.1. The zero-order valence-electron chi connectivity index (χ0n) is 14.0. The first-order valence-electron chi connectivity index (χ1n) is 8.78. The van der Waals surface area contributed by atoms with Gasteiger partial charge in [-0.05, 0) is 48.8 Å². The first-order chi connectivity index (χ1) is 11.3. The van der Waals surface area contributed by atoms with Gasteiger partial charge in [-0.2, -0.15) is 0 Å². The Morgan fingerprint density at radius 3 is 2.65 bits per heavy atom. The largest absolute Gasteiger partial charge is 0.337 e. The maximum absolute atomic E-state index is 12.8. The van der Waals surface area contributed by atoms with Crippen molar-refractivity contribution in [3.8, 4) is 0 Å². The van der Waals surface area contributed by atoms with Crippen molar-refractivity contribution in [1.82, 2.24) is 9.80 Å². The van der Waals surface area contributed by atoms with Crippen LogP contribution in [0, 0.1) is 0 Å². The predicted octanol–water partition coefficient (Wildman–Crippen LogP) is 3.79. The molecule has 3 heteroatoms. The van der Waals surface area contributed by atoms with E-state index in [9.17, 15) is 4.79 Å². The fraction of sp³-hybridized carbons (Fsp3) is 0.450. The molecule has 0 aliphatic carbocycles. The second kappa shape index (κ2) is 7.60. The smallest absolute Gasteiger partial charge is 0.253 e. The Morgan fingerprint density at radius 2 is 1.83 bits per heavy atom. The second-order valence-corrected chi connectivity index (χ2v) is 6.40. The Balaban J connectivity index is 1.69. The van der Waals surface area contributed by atoms with Crippen LogP contribution in [0.2, 0.25) is 0 Å². The van der Waals surface area contributed by atoms with Crippen LogP contribution in [0.4, 0.5) is 0 Å². The second-order valence-electron chi connectivity index (χ2n) is 6.40. The van der Waals surface area contributed by atoms with Crippen molar-refractivity contribution in [2.45, 2.75) is 26.2 Å². The van der Waals surface area contributed by atoms with Crippen molar-refractivity contribution in [1.29, 1.82) is 0 Å². The summed E-state index contributed by atoms with van der Waals surface area (Å²) >= 11 is 0. The van der Waals surface area contributed by atoms with Crippen LogP contribution >= 0.6 is 0 Å². The monoisotopic (exact) mass is 310 g/mol. The van der Waals surface area contributed by atoms with Crippen molar-refractivity contribution in [2.24, 2.45) is 0 Å². The standard InChI is InChI=1S/C20H26N2O/c1-2-3-11-21-12-6-13-22(15-14-21)20(23)19-10-9-17-7-4-5-8-18(17)16-19/h4-5,7-10,16H,2-3,6,11-15H2,1H3. The number of hydrogen-bond acceptors (Lipinski definition) is 2. The van der Waals surface area contributed by atoms with Gasteiger partial charge in [0.2, 0.25) is 0 Å². The number of rotatable bonds is 4. The average Bonchev–Trinajstić information content (AvgIpc) is 2.84. The van der Waals surface area contributed by atoms with E-state index < -0.39 is 0 Å². The molecule has 122 valence electrons. The summed E-state index contributed by atoms with van der Waals surface area (Å²) in [7, 11) is 0. The first kappa shape index (κ1) is 16.0. The Labute approximate surface area is 138 Å². The molecule has 1 heterocycles. The van der Waals surface area contributed by atoms with Gasteiger partial charge in [-0.1, -0.05) is 43.7 Å². The number of carbonyl (C=O) groups excluding carboxylic acids is 1. The molecular weight excluding hydrogens is 284 g/mol. The lowest BCUT2D eigenvalue weighted by molar-refractivity contribution is 0.0761. The van der Waals surface area contributed by atoms with Gasteiger partial charge in [0.25, 0.3) is 5.91 Å². The summed E-state index contributed by atoms with van der Waals surface area (Å²) < 4.78 is 0. The Bertz CT molecular complexity index is 667. The topological polar surface area (TPSA) is 23.6 Å². The van der Waals surface area contributed by atoms with E-state index in [1.54, 1.807) is 0 Å². The Hall–Kier alpha value is -1.87. The molecule has 23 heavy (non-hydrogen) atoms. The van der Waals surface area contributed by atoms with Crippen LogP contribution in [0.3, 0.4) is 0 Å². The molecule has 1 amide bonds. The summed E-state index contributed by atoms with van der Waals surface area (Å²) in [6.45, 7) is 7.21. The van der Waals surface area contributed by atoms with Crippen LogP contribution in [0.15, 0.2) is 42.5 Å². The predicted molar refractivity (Wildman–Crippen MR) is 95.8 cm³/mol. The molecule has 3 rings (SSSR count). The third kappa shape index (κ3) is 3.91. The van der Waals surface area contributed by atoms with Gasteiger partial charge in [0.1, 0.15) is 0 Å². The summed E-state index contributed by atoms with van der Waals surface area (Å²) in [4.78, 5) is 17.3. The SMILES string of the molecule is CCCCN1CCCN(C(=O)c2ccc3ccccc3c2)CC1. The normalized spacial score (nSPS) is 16.5. The van der Waals surface area contributed by atoms with Gasteiger partial charge in [0.15, 0.2) is 0 Å². The van der Waals surface area contributed by atoms with Crippen molar-refractivity contribution < 1.29 is 4.79 Å². The molecule has 0 aromatic heterocycles. The molecule has 0 N–H and O–H groups in total. The Kier molecular flexibility index (Phi) is 5.29. The van der Waals surface area contributed by atoms with Gasteiger partial charge in [-0.3, -0.25) is 4.79 Å². The van der Waals surface area contributed by atoms with Crippen molar-refractivity contribution in [3.63, 3.8) is 0 Å². The molecule has 1 fully saturated rings. The molecule has 2 aromatic carbocycles. The van der Waals surface area contributed by atoms with Crippen molar-refractivity contribution in [2.75, 3.05) is 32.7 Å². The number of benzene rings is 2. The molecule has 0 radical (unpaired) electrons. The quantitative estimate of drug-likeness (QED) is 0.858. The molecular formula is C20H26N2O. The average molecular weight is 310 g/mol. The van der Waals surface area contributed by atoms with Gasteiger partial charge in [0, 0.05) is 25.2 Å². The molecule has 0 spiro atoms. The number of unbranched alkanes of at least 4 members (excludes halogenated alkanes) is 1. The van der Waals surface area contributed by atoms with Crippen LogP contribution in [-0.2, 0) is 0 Å². The minimum Gasteiger partial charge on any atom is -0.337 e.